The van der Waals surface area contributed by atoms with E-state index in [1.807, 2.05) is 0 Å². The minimum absolute atomic E-state index is 0.409. The summed E-state index contributed by atoms with van der Waals surface area (Å²) in [6.45, 7) is 0. The van der Waals surface area contributed by atoms with E-state index in [1.54, 1.807) is 0 Å². The van der Waals surface area contributed by atoms with Crippen LogP contribution in [-0.2, 0) is 19.3 Å². The summed E-state index contributed by atoms with van der Waals surface area (Å²) < 4.78 is 75.1. The Bertz CT molecular complexity index is 1190. The average molecular weight is 490 g/mol. The molecular weight excluding hydrogens is 486 g/mol. The molecular formula is C18H4F6N2O8. The van der Waals surface area contributed by atoms with E-state index in [0.717, 1.165) is 24.3 Å². The Kier molecular flexibility index (Phi) is 4.67. The van der Waals surface area contributed by atoms with E-state index in [1.165, 1.54) is 0 Å². The largest absolute Gasteiger partial charge is 0.493 e. The van der Waals surface area contributed by atoms with Crippen LogP contribution in [-0.4, -0.2) is 58.0 Å². The van der Waals surface area contributed by atoms with Gasteiger partial charge in [0.05, 0.1) is 22.3 Å². The Morgan fingerprint density at radius 3 is 1.00 bits per heavy atom. The molecule has 0 atom stereocenters. The van der Waals surface area contributed by atoms with Gasteiger partial charge in [-0.25, -0.2) is 9.59 Å². The summed E-state index contributed by atoms with van der Waals surface area (Å²) in [6, 6.07) is 3.19. The molecule has 0 bridgehead atoms. The van der Waals surface area contributed by atoms with Gasteiger partial charge in [0, 0.05) is 10.8 Å². The number of hydroxylamine groups is 4. The molecule has 2 aliphatic heterocycles. The molecule has 0 saturated carbocycles. The van der Waals surface area contributed by atoms with E-state index >= 15 is 0 Å². The van der Waals surface area contributed by atoms with Gasteiger partial charge < -0.3 is 9.68 Å². The Morgan fingerprint density at radius 1 is 0.559 bits per heavy atom. The first-order valence-electron chi connectivity index (χ1n) is 8.60. The van der Waals surface area contributed by atoms with Crippen LogP contribution in [0.5, 0.6) is 0 Å². The van der Waals surface area contributed by atoms with Gasteiger partial charge in [-0.15, -0.1) is 0 Å². The summed E-state index contributed by atoms with van der Waals surface area (Å²) in [4.78, 5) is 80.3. The third kappa shape index (κ3) is 3.22. The van der Waals surface area contributed by atoms with Crippen molar-refractivity contribution < 1.29 is 64.8 Å². The smallest absolute Gasteiger partial charge is 0.321 e. The highest BCUT2D eigenvalue weighted by molar-refractivity contribution is 6.33. The number of nitrogens with zero attached hydrogens (tertiary/aromatic N) is 2. The van der Waals surface area contributed by atoms with Gasteiger partial charge in [0.25, 0.3) is 23.6 Å². The molecule has 4 amide bonds. The topological polar surface area (TPSA) is 127 Å². The highest BCUT2D eigenvalue weighted by Gasteiger charge is 2.49. The molecule has 0 radical (unpaired) electrons. The second-order valence-corrected chi connectivity index (χ2v) is 6.63. The number of alkyl halides is 6. The maximum Gasteiger partial charge on any atom is 0.493 e. The molecule has 16 heteroatoms. The number of carbonyl (C=O) groups excluding carboxylic acids is 6. The minimum Gasteiger partial charge on any atom is -0.321 e. The van der Waals surface area contributed by atoms with Crippen molar-refractivity contribution in [2.45, 2.75) is 12.4 Å². The van der Waals surface area contributed by atoms with Gasteiger partial charge in [-0.2, -0.15) is 26.3 Å². The van der Waals surface area contributed by atoms with E-state index in [0.29, 0.717) is 0 Å². The van der Waals surface area contributed by atoms with Crippen LogP contribution in [0.2, 0.25) is 0 Å². The van der Waals surface area contributed by atoms with Crippen molar-refractivity contribution >= 4 is 46.3 Å². The van der Waals surface area contributed by atoms with Gasteiger partial charge in [-0.3, -0.25) is 19.2 Å². The number of benzene rings is 2. The molecule has 2 aromatic carbocycles. The SMILES string of the molecule is O=C1c2ccc3c4c(ccc(c24)C(=O)N1OC(=O)C(F)(F)F)C(=O)N(OC(=O)C(F)(F)F)C3=O. The average Bonchev–Trinajstić information content (AvgIpc) is 2.74. The van der Waals surface area contributed by atoms with Crippen LogP contribution in [0, 0.1) is 0 Å². The lowest BCUT2D eigenvalue weighted by molar-refractivity contribution is -0.221. The van der Waals surface area contributed by atoms with Gasteiger partial charge in [-0.1, -0.05) is 10.1 Å². The van der Waals surface area contributed by atoms with Crippen LogP contribution >= 0.6 is 0 Å². The van der Waals surface area contributed by atoms with Gasteiger partial charge in [0.2, 0.25) is 0 Å². The minimum atomic E-state index is -5.55. The quantitative estimate of drug-likeness (QED) is 0.463. The standard InChI is InChI=1S/C18H4F6N2O8/c19-17(20,21)15(31)33-25-11(27)5-1-2-6-10-8(4-3-7(9(5)10)13(25)29)14(30)26(12(6)28)34-16(32)18(22,23)24/h1-4H. The Hall–Kier alpha value is -4.50. The summed E-state index contributed by atoms with van der Waals surface area (Å²) >= 11 is 0. The Labute approximate surface area is 181 Å². The van der Waals surface area contributed by atoms with E-state index in [4.69, 9.17) is 0 Å². The molecule has 0 fully saturated rings. The Morgan fingerprint density at radius 2 is 0.794 bits per heavy atom. The first-order valence-corrected chi connectivity index (χ1v) is 8.60. The molecule has 0 N–H and O–H groups in total. The van der Waals surface area contributed by atoms with Crippen LogP contribution in [0.25, 0.3) is 10.8 Å². The van der Waals surface area contributed by atoms with Crippen molar-refractivity contribution in [2.75, 3.05) is 0 Å². The molecule has 4 rings (SSSR count). The molecule has 2 aliphatic rings. The van der Waals surface area contributed by atoms with Gasteiger partial charge in [0.1, 0.15) is 0 Å². The number of hydrogen-bond donors (Lipinski definition) is 0. The molecule has 0 unspecified atom stereocenters. The molecule has 34 heavy (non-hydrogen) atoms. The van der Waals surface area contributed by atoms with Crippen molar-refractivity contribution in [3.05, 3.63) is 46.5 Å². The van der Waals surface area contributed by atoms with Crippen molar-refractivity contribution in [1.29, 1.82) is 0 Å². The van der Waals surface area contributed by atoms with Gasteiger partial charge in [-0.05, 0) is 24.3 Å². The van der Waals surface area contributed by atoms with E-state index in [-0.39, 0.29) is 0 Å². The highest BCUT2D eigenvalue weighted by atomic mass is 19.4. The van der Waals surface area contributed by atoms with Gasteiger partial charge >= 0.3 is 24.3 Å². The summed E-state index contributed by atoms with van der Waals surface area (Å²) in [6.07, 6.45) is -11.1. The predicted octanol–water partition coefficient (Wildman–Crippen LogP) is 2.07. The third-order valence-electron chi connectivity index (χ3n) is 4.63. The second kappa shape index (κ2) is 7.00. The molecule has 0 saturated heterocycles. The molecule has 2 aromatic rings. The first-order chi connectivity index (χ1) is 15.6. The maximum atomic E-state index is 12.6. The number of rotatable bonds is 2. The molecule has 176 valence electrons. The zero-order chi connectivity index (χ0) is 25.3. The lowest BCUT2D eigenvalue weighted by Crippen LogP contribution is -2.46. The molecule has 0 aliphatic carbocycles. The van der Waals surface area contributed by atoms with Crippen molar-refractivity contribution in [2.24, 2.45) is 0 Å². The fourth-order valence-electron chi connectivity index (χ4n) is 3.27. The number of halogens is 6. The van der Waals surface area contributed by atoms with Crippen LogP contribution in [0.3, 0.4) is 0 Å². The maximum absolute atomic E-state index is 12.6. The lowest BCUT2D eigenvalue weighted by Gasteiger charge is -2.30. The van der Waals surface area contributed by atoms with Crippen LogP contribution in [0.1, 0.15) is 41.4 Å². The number of imide groups is 2. The summed E-state index contributed by atoms with van der Waals surface area (Å²) in [7, 11) is 0. The first kappa shape index (κ1) is 22.7. The number of hydrogen-bond acceptors (Lipinski definition) is 8. The fourth-order valence-corrected chi connectivity index (χ4v) is 3.27. The van der Waals surface area contributed by atoms with E-state index in [9.17, 15) is 55.1 Å². The fraction of sp³-hybridized carbons (Fsp3) is 0.111. The Balaban J connectivity index is 1.83. The monoisotopic (exact) mass is 490 g/mol. The number of amides is 4. The molecule has 0 aromatic heterocycles. The zero-order valence-corrected chi connectivity index (χ0v) is 15.7. The van der Waals surface area contributed by atoms with Crippen molar-refractivity contribution in [3.63, 3.8) is 0 Å². The summed E-state index contributed by atoms with van der Waals surface area (Å²) in [5.74, 6) is -12.0. The third-order valence-corrected chi connectivity index (χ3v) is 4.63. The number of carbonyl (C=O) groups is 6. The lowest BCUT2D eigenvalue weighted by atomic mass is 9.87. The van der Waals surface area contributed by atoms with E-state index < -0.39 is 91.1 Å². The zero-order valence-electron chi connectivity index (χ0n) is 15.7. The molecule has 2 heterocycles. The summed E-state index contributed by atoms with van der Waals surface area (Å²) in [5.41, 5.74) is -2.25. The second-order valence-electron chi connectivity index (χ2n) is 6.63. The highest BCUT2D eigenvalue weighted by Crippen LogP contribution is 2.38. The normalized spacial score (nSPS) is 15.7. The van der Waals surface area contributed by atoms with Crippen LogP contribution in [0.15, 0.2) is 24.3 Å². The van der Waals surface area contributed by atoms with Gasteiger partial charge in [0.15, 0.2) is 0 Å². The summed E-state index contributed by atoms with van der Waals surface area (Å²) in [5, 5.41) is -1.74. The molecule has 10 nitrogen and oxygen atoms in total. The molecule has 0 spiro atoms. The predicted molar refractivity (Wildman–Crippen MR) is 89.2 cm³/mol. The van der Waals surface area contributed by atoms with Crippen molar-refractivity contribution in [3.8, 4) is 0 Å². The van der Waals surface area contributed by atoms with E-state index in [2.05, 4.69) is 9.68 Å². The van der Waals surface area contributed by atoms with Crippen LogP contribution in [0.4, 0.5) is 26.3 Å². The van der Waals surface area contributed by atoms with Crippen LogP contribution < -0.4 is 0 Å². The van der Waals surface area contributed by atoms with Crippen molar-refractivity contribution in [1.82, 2.24) is 10.1 Å².